The van der Waals surface area contributed by atoms with Crippen LogP contribution in [-0.2, 0) is 19.1 Å². The fourth-order valence-electron chi connectivity index (χ4n) is 5.66. The van der Waals surface area contributed by atoms with Crippen molar-refractivity contribution in [3.63, 3.8) is 0 Å². The lowest BCUT2D eigenvalue weighted by Crippen LogP contribution is -2.30. The molecule has 0 atom stereocenters. The number of ether oxygens (including phenoxy) is 3. The normalized spacial score (nSPS) is 23.9. The predicted molar refractivity (Wildman–Crippen MR) is 139 cm³/mol. The highest BCUT2D eigenvalue weighted by molar-refractivity contribution is 5.90. The van der Waals surface area contributed by atoms with E-state index < -0.39 is 11.9 Å². The molecule has 0 saturated heterocycles. The maximum absolute atomic E-state index is 12.8. The highest BCUT2D eigenvalue weighted by Crippen LogP contribution is 2.42. The van der Waals surface area contributed by atoms with E-state index in [1.807, 2.05) is 6.92 Å². The molecule has 1 aromatic carbocycles. The van der Waals surface area contributed by atoms with Crippen LogP contribution in [0.15, 0.2) is 30.9 Å². The van der Waals surface area contributed by atoms with E-state index in [9.17, 15) is 14.4 Å². The number of esters is 3. The van der Waals surface area contributed by atoms with Gasteiger partial charge in [-0.1, -0.05) is 32.8 Å². The van der Waals surface area contributed by atoms with Crippen LogP contribution in [0.4, 0.5) is 0 Å². The third kappa shape index (κ3) is 8.21. The maximum atomic E-state index is 12.8. The summed E-state index contributed by atoms with van der Waals surface area (Å²) in [6.07, 6.45) is 13.2. The van der Waals surface area contributed by atoms with Crippen LogP contribution in [0.2, 0.25) is 0 Å². The Labute approximate surface area is 215 Å². The number of aryl methyl sites for hydroxylation is 1. The summed E-state index contributed by atoms with van der Waals surface area (Å²) in [6.45, 7) is 7.98. The van der Waals surface area contributed by atoms with E-state index in [1.165, 1.54) is 32.1 Å². The smallest absolute Gasteiger partial charge is 0.338 e. The molecule has 0 aliphatic heterocycles. The second-order valence-electron chi connectivity index (χ2n) is 10.4. The molecule has 2 aliphatic carbocycles. The van der Waals surface area contributed by atoms with E-state index in [4.69, 9.17) is 14.2 Å². The molecule has 0 unspecified atom stereocenters. The molecule has 2 aliphatic rings. The van der Waals surface area contributed by atoms with E-state index in [0.717, 1.165) is 55.1 Å². The average molecular weight is 499 g/mol. The van der Waals surface area contributed by atoms with Crippen LogP contribution in [0.25, 0.3) is 0 Å². The van der Waals surface area contributed by atoms with Gasteiger partial charge >= 0.3 is 17.9 Å². The van der Waals surface area contributed by atoms with Crippen molar-refractivity contribution in [2.75, 3.05) is 13.2 Å². The van der Waals surface area contributed by atoms with Gasteiger partial charge in [-0.3, -0.25) is 4.79 Å². The molecule has 198 valence electrons. The fraction of sp³-hybridized carbons (Fsp3) is 0.633. The Bertz CT molecular complexity index is 891. The predicted octanol–water partition coefficient (Wildman–Crippen LogP) is 6.59. The highest BCUT2D eigenvalue weighted by Gasteiger charge is 2.33. The van der Waals surface area contributed by atoms with Crippen LogP contribution in [0.5, 0.6) is 5.75 Å². The first kappa shape index (κ1) is 27.9. The molecular weight excluding hydrogens is 456 g/mol. The monoisotopic (exact) mass is 498 g/mol. The number of carbonyl (C=O) groups excluding carboxylic acids is 3. The van der Waals surface area contributed by atoms with E-state index in [1.54, 1.807) is 18.2 Å². The zero-order valence-electron chi connectivity index (χ0n) is 22.0. The van der Waals surface area contributed by atoms with Gasteiger partial charge in [0.25, 0.3) is 0 Å². The molecule has 0 N–H and O–H groups in total. The molecule has 0 aromatic heterocycles. The van der Waals surface area contributed by atoms with Crippen LogP contribution in [-0.4, -0.2) is 31.1 Å². The van der Waals surface area contributed by atoms with E-state index in [-0.39, 0.29) is 25.1 Å². The minimum Gasteiger partial charge on any atom is -0.463 e. The molecule has 3 rings (SSSR count). The van der Waals surface area contributed by atoms with Crippen LogP contribution in [0.1, 0.15) is 93.5 Å². The summed E-state index contributed by atoms with van der Waals surface area (Å²) in [5, 5.41) is 0. The van der Waals surface area contributed by atoms with Gasteiger partial charge in [0.15, 0.2) is 0 Å². The van der Waals surface area contributed by atoms with Crippen molar-refractivity contribution in [2.24, 2.45) is 23.7 Å². The molecule has 0 bridgehead atoms. The zero-order valence-corrected chi connectivity index (χ0v) is 22.0. The summed E-state index contributed by atoms with van der Waals surface area (Å²) in [4.78, 5) is 36.2. The molecule has 0 heterocycles. The minimum atomic E-state index is -0.458. The third-order valence-corrected chi connectivity index (χ3v) is 8.04. The molecule has 2 saturated carbocycles. The number of hydrogen-bond donors (Lipinski definition) is 0. The van der Waals surface area contributed by atoms with E-state index in [2.05, 4.69) is 13.5 Å². The van der Waals surface area contributed by atoms with Crippen molar-refractivity contribution in [1.29, 1.82) is 0 Å². The van der Waals surface area contributed by atoms with Gasteiger partial charge in [-0.25, -0.2) is 9.59 Å². The number of benzene rings is 1. The Balaban J connectivity index is 1.39. The minimum absolute atomic E-state index is 0.0389. The second kappa shape index (κ2) is 14.2. The molecule has 0 radical (unpaired) electrons. The Morgan fingerprint density at radius 1 is 0.917 bits per heavy atom. The van der Waals surface area contributed by atoms with Crippen molar-refractivity contribution < 1.29 is 28.6 Å². The summed E-state index contributed by atoms with van der Waals surface area (Å²) < 4.78 is 15.9. The van der Waals surface area contributed by atoms with Crippen molar-refractivity contribution in [3.8, 4) is 5.75 Å². The van der Waals surface area contributed by atoms with E-state index >= 15 is 0 Å². The maximum Gasteiger partial charge on any atom is 0.338 e. The standard InChI is InChI=1S/C30H42O6/c1-4-22-8-10-23(11-9-22)24-12-14-25(15-13-24)30(33)36-27-17-16-26(20-21(27)3)29(32)35-19-7-6-18-34-28(31)5-2/h5,16-17,20,22-25H,2,4,6-15,18-19H2,1,3H3. The zero-order chi connectivity index (χ0) is 25.9. The molecule has 6 heteroatoms. The first-order chi connectivity index (χ1) is 17.4. The van der Waals surface area contributed by atoms with Gasteiger partial charge in [0.2, 0.25) is 0 Å². The average Bonchev–Trinajstić information content (AvgIpc) is 2.91. The molecule has 1 aromatic rings. The largest absolute Gasteiger partial charge is 0.463 e. The van der Waals surface area contributed by atoms with Crippen LogP contribution >= 0.6 is 0 Å². The quantitative estimate of drug-likeness (QED) is 0.148. The third-order valence-electron chi connectivity index (χ3n) is 8.04. The van der Waals surface area contributed by atoms with Gasteiger partial charge in [-0.2, -0.15) is 0 Å². The molecule has 0 spiro atoms. The summed E-state index contributed by atoms with van der Waals surface area (Å²) in [6, 6.07) is 5.00. The van der Waals surface area contributed by atoms with Gasteiger partial charge in [-0.15, -0.1) is 0 Å². The summed E-state index contributed by atoms with van der Waals surface area (Å²) in [5.41, 5.74) is 1.15. The Morgan fingerprint density at radius 2 is 1.53 bits per heavy atom. The Hall–Kier alpha value is -2.63. The number of hydrogen-bond acceptors (Lipinski definition) is 6. The van der Waals surface area contributed by atoms with E-state index in [0.29, 0.717) is 24.2 Å². The first-order valence-electron chi connectivity index (χ1n) is 13.7. The van der Waals surface area contributed by atoms with Crippen LogP contribution in [0.3, 0.4) is 0 Å². The first-order valence-corrected chi connectivity index (χ1v) is 13.7. The SMILES string of the molecule is C=CC(=O)OCCCCOC(=O)c1ccc(OC(=O)C2CCC(C3CCC(CC)CC3)CC2)c(C)c1. The molecule has 0 amide bonds. The second-order valence-corrected chi connectivity index (χ2v) is 10.4. The van der Waals surface area contributed by atoms with Crippen LogP contribution < -0.4 is 4.74 Å². The van der Waals surface area contributed by atoms with Gasteiger partial charge < -0.3 is 14.2 Å². The van der Waals surface area contributed by atoms with Gasteiger partial charge in [0.05, 0.1) is 24.7 Å². The van der Waals surface area contributed by atoms with Crippen LogP contribution in [0, 0.1) is 30.6 Å². The van der Waals surface area contributed by atoms with Gasteiger partial charge in [-0.05, 0) is 99.8 Å². The topological polar surface area (TPSA) is 78.9 Å². The lowest BCUT2D eigenvalue weighted by atomic mass is 9.69. The lowest BCUT2D eigenvalue weighted by molar-refractivity contribution is -0.140. The van der Waals surface area contributed by atoms with Crippen molar-refractivity contribution in [3.05, 3.63) is 42.0 Å². The highest BCUT2D eigenvalue weighted by atomic mass is 16.5. The molecular formula is C30H42O6. The van der Waals surface area contributed by atoms with Crippen molar-refractivity contribution in [2.45, 2.75) is 84.5 Å². The number of carbonyl (C=O) groups is 3. The molecule has 2 fully saturated rings. The lowest BCUT2D eigenvalue weighted by Gasteiger charge is -2.37. The van der Waals surface area contributed by atoms with Crippen molar-refractivity contribution in [1.82, 2.24) is 0 Å². The Morgan fingerprint density at radius 3 is 2.11 bits per heavy atom. The van der Waals surface area contributed by atoms with Crippen molar-refractivity contribution >= 4 is 17.9 Å². The van der Waals surface area contributed by atoms with Gasteiger partial charge in [0.1, 0.15) is 5.75 Å². The summed E-state index contributed by atoms with van der Waals surface area (Å²) in [5.74, 6) is 1.95. The fourth-order valence-corrected chi connectivity index (χ4v) is 5.66. The number of unbranched alkanes of at least 4 members (excludes halogenated alkanes) is 1. The van der Waals surface area contributed by atoms with Gasteiger partial charge in [0, 0.05) is 6.08 Å². The number of rotatable bonds is 11. The molecule has 36 heavy (non-hydrogen) atoms. The summed E-state index contributed by atoms with van der Waals surface area (Å²) >= 11 is 0. The molecule has 6 nitrogen and oxygen atoms in total. The summed E-state index contributed by atoms with van der Waals surface area (Å²) in [7, 11) is 0. The Kier molecular flexibility index (Phi) is 11.0.